The van der Waals surface area contributed by atoms with Gasteiger partial charge in [-0.1, -0.05) is 17.7 Å². The monoisotopic (exact) mass is 430 g/mol. The van der Waals surface area contributed by atoms with Gasteiger partial charge in [-0.15, -0.1) is 0 Å². The van der Waals surface area contributed by atoms with E-state index < -0.39 is 17.9 Å². The van der Waals surface area contributed by atoms with Gasteiger partial charge in [-0.3, -0.25) is 4.79 Å². The van der Waals surface area contributed by atoms with Crippen LogP contribution < -0.4 is 19.7 Å². The fourth-order valence-corrected chi connectivity index (χ4v) is 2.88. The third-order valence-corrected chi connectivity index (χ3v) is 4.36. The molecule has 3 amide bonds. The van der Waals surface area contributed by atoms with Gasteiger partial charge in [-0.05, 0) is 55.0 Å². The number of esters is 1. The summed E-state index contributed by atoms with van der Waals surface area (Å²) in [5, 5.41) is 3.05. The first-order valence-electron chi connectivity index (χ1n) is 9.02. The smallest absolute Gasteiger partial charge is 0.344 e. The first kappa shape index (κ1) is 21.2. The molecule has 9 heteroatoms. The molecule has 0 unspecified atom stereocenters. The number of anilines is 1. The first-order valence-corrected chi connectivity index (χ1v) is 9.40. The van der Waals surface area contributed by atoms with E-state index in [4.69, 9.17) is 25.8 Å². The van der Waals surface area contributed by atoms with Gasteiger partial charge in [0.25, 0.3) is 5.91 Å². The molecule has 2 aromatic rings. The number of rotatable bonds is 7. The van der Waals surface area contributed by atoms with E-state index in [2.05, 4.69) is 5.32 Å². The zero-order chi connectivity index (χ0) is 21.7. The predicted octanol–water partition coefficient (Wildman–Crippen LogP) is 3.39. The number of carbonyl (C=O) groups is 3. The van der Waals surface area contributed by atoms with Crippen molar-refractivity contribution in [3.05, 3.63) is 58.7 Å². The number of halogens is 1. The second kappa shape index (κ2) is 9.32. The summed E-state index contributed by atoms with van der Waals surface area (Å²) in [7, 11) is 1.45. The number of hydrogen-bond donors (Lipinski definition) is 1. The molecule has 0 atom stereocenters. The Kier molecular flexibility index (Phi) is 6.58. The second-order valence-electron chi connectivity index (χ2n) is 6.11. The molecule has 1 fully saturated rings. The maximum atomic E-state index is 12.7. The third-order valence-electron chi connectivity index (χ3n) is 4.11. The van der Waals surface area contributed by atoms with Crippen molar-refractivity contribution in [2.45, 2.75) is 6.92 Å². The van der Waals surface area contributed by atoms with Gasteiger partial charge in [0, 0.05) is 5.02 Å². The highest BCUT2D eigenvalue weighted by molar-refractivity contribution is 6.31. The van der Waals surface area contributed by atoms with Crippen molar-refractivity contribution in [2.75, 3.05) is 25.2 Å². The highest BCUT2D eigenvalue weighted by Gasteiger charge is 2.34. The summed E-state index contributed by atoms with van der Waals surface area (Å²) >= 11 is 5.86. The summed E-state index contributed by atoms with van der Waals surface area (Å²) in [5.41, 5.74) is 1.11. The van der Waals surface area contributed by atoms with E-state index in [1.807, 2.05) is 0 Å². The standard InChI is InChI=1S/C21H19ClN2O6/c1-3-29-19(25)12-30-17-9-4-13(11-18(17)28-2)10-16-20(26)24(21(27)23-16)15-7-5-14(22)6-8-15/h4-11H,3,12H2,1-2H3,(H,23,27)/b16-10+. The quantitative estimate of drug-likeness (QED) is 0.411. The number of amides is 3. The van der Waals surface area contributed by atoms with E-state index >= 15 is 0 Å². The number of carbonyl (C=O) groups excluding carboxylic acids is 3. The molecule has 1 aliphatic rings. The van der Waals surface area contributed by atoms with Gasteiger partial charge in [0.05, 0.1) is 19.4 Å². The van der Waals surface area contributed by atoms with Crippen LogP contribution in [0.3, 0.4) is 0 Å². The molecule has 0 saturated carbocycles. The van der Waals surface area contributed by atoms with Gasteiger partial charge in [0.2, 0.25) is 0 Å². The van der Waals surface area contributed by atoms with Crippen LogP contribution in [0.1, 0.15) is 12.5 Å². The van der Waals surface area contributed by atoms with E-state index in [-0.39, 0.29) is 18.9 Å². The van der Waals surface area contributed by atoms with Crippen molar-refractivity contribution in [2.24, 2.45) is 0 Å². The normalized spacial score (nSPS) is 14.6. The van der Waals surface area contributed by atoms with Crippen LogP contribution in [0.5, 0.6) is 11.5 Å². The Morgan fingerprint density at radius 1 is 1.13 bits per heavy atom. The molecule has 30 heavy (non-hydrogen) atoms. The molecule has 0 radical (unpaired) electrons. The lowest BCUT2D eigenvalue weighted by molar-refractivity contribution is -0.145. The molecule has 0 bridgehead atoms. The van der Waals surface area contributed by atoms with Gasteiger partial charge in [-0.2, -0.15) is 0 Å². The van der Waals surface area contributed by atoms with Crippen molar-refractivity contribution in [3.8, 4) is 11.5 Å². The number of imide groups is 1. The van der Waals surface area contributed by atoms with E-state index in [1.165, 1.54) is 13.2 Å². The third kappa shape index (κ3) is 4.72. The zero-order valence-electron chi connectivity index (χ0n) is 16.3. The molecular formula is C21H19ClN2O6. The highest BCUT2D eigenvalue weighted by atomic mass is 35.5. The van der Waals surface area contributed by atoms with Gasteiger partial charge in [0.1, 0.15) is 5.70 Å². The zero-order valence-corrected chi connectivity index (χ0v) is 17.1. The maximum absolute atomic E-state index is 12.7. The Hall–Kier alpha value is -3.52. The molecule has 0 aliphatic carbocycles. The van der Waals surface area contributed by atoms with Crippen LogP contribution in [0.15, 0.2) is 48.2 Å². The average molecular weight is 431 g/mol. The summed E-state index contributed by atoms with van der Waals surface area (Å²) in [4.78, 5) is 37.5. The van der Waals surface area contributed by atoms with E-state index in [1.54, 1.807) is 49.4 Å². The molecule has 1 N–H and O–H groups in total. The lowest BCUT2D eigenvalue weighted by Crippen LogP contribution is -2.30. The molecule has 0 aromatic heterocycles. The highest BCUT2D eigenvalue weighted by Crippen LogP contribution is 2.30. The van der Waals surface area contributed by atoms with Gasteiger partial charge in [-0.25, -0.2) is 14.5 Å². The Balaban J connectivity index is 1.79. The Morgan fingerprint density at radius 2 is 1.87 bits per heavy atom. The van der Waals surface area contributed by atoms with E-state index in [0.717, 1.165) is 4.90 Å². The molecule has 1 heterocycles. The minimum absolute atomic E-state index is 0.109. The van der Waals surface area contributed by atoms with E-state index in [9.17, 15) is 14.4 Å². The van der Waals surface area contributed by atoms with Crippen LogP contribution in [0, 0.1) is 0 Å². The molecule has 156 valence electrons. The molecule has 0 spiro atoms. The number of urea groups is 1. The lowest BCUT2D eigenvalue weighted by atomic mass is 10.1. The van der Waals surface area contributed by atoms with Gasteiger partial charge in [0.15, 0.2) is 18.1 Å². The van der Waals surface area contributed by atoms with Crippen molar-refractivity contribution in [1.82, 2.24) is 5.32 Å². The van der Waals surface area contributed by atoms with Crippen LogP contribution in [0.4, 0.5) is 10.5 Å². The van der Waals surface area contributed by atoms with Crippen LogP contribution in [-0.2, 0) is 14.3 Å². The number of ether oxygens (including phenoxy) is 3. The topological polar surface area (TPSA) is 94.2 Å². The number of hydrogen-bond acceptors (Lipinski definition) is 6. The van der Waals surface area contributed by atoms with Crippen molar-refractivity contribution < 1.29 is 28.6 Å². The fraction of sp³-hybridized carbons (Fsp3) is 0.190. The first-order chi connectivity index (χ1) is 14.4. The summed E-state index contributed by atoms with van der Waals surface area (Å²) in [6, 6.07) is 10.7. The van der Waals surface area contributed by atoms with Crippen molar-refractivity contribution in [1.29, 1.82) is 0 Å². The SMILES string of the molecule is CCOC(=O)COc1ccc(/C=C2/NC(=O)N(c3ccc(Cl)cc3)C2=O)cc1OC. The van der Waals surface area contributed by atoms with Crippen molar-refractivity contribution >= 4 is 41.3 Å². The second-order valence-corrected chi connectivity index (χ2v) is 6.55. The molecule has 8 nitrogen and oxygen atoms in total. The molecule has 3 rings (SSSR count). The molecular weight excluding hydrogens is 412 g/mol. The average Bonchev–Trinajstić information content (AvgIpc) is 3.01. The molecule has 2 aromatic carbocycles. The van der Waals surface area contributed by atoms with Crippen LogP contribution in [0.2, 0.25) is 5.02 Å². The Bertz CT molecular complexity index is 1000. The summed E-state index contributed by atoms with van der Waals surface area (Å²) in [6.07, 6.45) is 1.52. The van der Waals surface area contributed by atoms with Gasteiger partial charge >= 0.3 is 12.0 Å². The van der Waals surface area contributed by atoms with Crippen molar-refractivity contribution in [3.63, 3.8) is 0 Å². The molecule has 1 saturated heterocycles. The number of nitrogens with zero attached hydrogens (tertiary/aromatic N) is 1. The van der Waals surface area contributed by atoms with E-state index in [0.29, 0.717) is 27.8 Å². The van der Waals surface area contributed by atoms with Crippen LogP contribution in [-0.4, -0.2) is 38.2 Å². The summed E-state index contributed by atoms with van der Waals surface area (Å²) in [5.74, 6) is -0.284. The maximum Gasteiger partial charge on any atom is 0.344 e. The van der Waals surface area contributed by atoms with Gasteiger partial charge < -0.3 is 19.5 Å². The number of methoxy groups -OCH3 is 1. The Labute approximate surface area is 178 Å². The number of benzene rings is 2. The van der Waals surface area contributed by atoms with Crippen LogP contribution in [0.25, 0.3) is 6.08 Å². The minimum atomic E-state index is -0.560. The lowest BCUT2D eigenvalue weighted by Gasteiger charge is -2.11. The Morgan fingerprint density at radius 3 is 2.53 bits per heavy atom. The molecule has 1 aliphatic heterocycles. The summed E-state index contributed by atoms with van der Waals surface area (Å²) < 4.78 is 15.5. The minimum Gasteiger partial charge on any atom is -0.493 e. The summed E-state index contributed by atoms with van der Waals surface area (Å²) in [6.45, 7) is 1.71. The fourth-order valence-electron chi connectivity index (χ4n) is 2.76. The van der Waals surface area contributed by atoms with Crippen LogP contribution >= 0.6 is 11.6 Å². The number of nitrogens with one attached hydrogen (secondary N) is 1. The predicted molar refractivity (Wildman–Crippen MR) is 111 cm³/mol. The largest absolute Gasteiger partial charge is 0.493 e.